The van der Waals surface area contributed by atoms with Crippen LogP contribution in [0.2, 0.25) is 0 Å². The normalized spacial score (nSPS) is 16.2. The molecule has 0 spiro atoms. The van der Waals surface area contributed by atoms with Crippen molar-refractivity contribution in [1.82, 2.24) is 9.97 Å². The Morgan fingerprint density at radius 2 is 1.76 bits per heavy atom. The minimum absolute atomic E-state index is 0.0257. The molecule has 0 saturated heterocycles. The van der Waals surface area contributed by atoms with Gasteiger partial charge in [-0.2, -0.15) is 34.8 Å². The Morgan fingerprint density at radius 1 is 1.11 bits per heavy atom. The van der Waals surface area contributed by atoms with Gasteiger partial charge in [0.25, 0.3) is 0 Å². The Kier molecular flexibility index (Phi) is 6.36. The molecule has 0 bridgehead atoms. The van der Waals surface area contributed by atoms with Crippen molar-refractivity contribution in [2.24, 2.45) is 0 Å². The number of nitrogens with two attached hydrogens (primary N) is 1. The summed E-state index contributed by atoms with van der Waals surface area (Å²) in [5, 5.41) is 3.02. The van der Waals surface area contributed by atoms with Crippen LogP contribution in [-0.4, -0.2) is 29.5 Å². The lowest BCUT2D eigenvalue weighted by Gasteiger charge is -2.20. The molecular formula is C23H22F6N4O4S. The fourth-order valence-electron chi connectivity index (χ4n) is 4.13. The van der Waals surface area contributed by atoms with E-state index in [1.807, 2.05) is 0 Å². The smallest absolute Gasteiger partial charge is 0.483 e. The van der Waals surface area contributed by atoms with E-state index in [2.05, 4.69) is 19.5 Å². The highest BCUT2D eigenvalue weighted by Gasteiger charge is 2.49. The number of alkyl halides is 6. The molecule has 2 heterocycles. The second-order valence-corrected chi connectivity index (χ2v) is 11.0. The SMILES string of the molecule is Cc1nc(N[C@H](C)c2cc(N)cc(C(F)(F)F)c2)c2cc(OS(=O)(=O)C(F)(F)F)c3c(c2n1)CC(C)(C)O3. The van der Waals surface area contributed by atoms with Crippen LogP contribution in [0.4, 0.5) is 37.8 Å². The third kappa shape index (κ3) is 5.24. The first-order chi connectivity index (χ1) is 17.3. The first kappa shape index (κ1) is 27.5. The van der Waals surface area contributed by atoms with E-state index in [4.69, 9.17) is 10.5 Å². The number of rotatable bonds is 5. The molecular weight excluding hydrogens is 542 g/mol. The molecule has 0 radical (unpaired) electrons. The van der Waals surface area contributed by atoms with E-state index in [0.717, 1.165) is 18.2 Å². The zero-order valence-corrected chi connectivity index (χ0v) is 21.2. The van der Waals surface area contributed by atoms with E-state index >= 15 is 0 Å². The van der Waals surface area contributed by atoms with Crippen molar-refractivity contribution in [3.63, 3.8) is 0 Å². The Morgan fingerprint density at radius 3 is 2.37 bits per heavy atom. The number of benzene rings is 2. The number of nitrogens with zero attached hydrogens (tertiary/aromatic N) is 2. The van der Waals surface area contributed by atoms with Crippen molar-refractivity contribution < 1.29 is 43.7 Å². The maximum atomic E-state index is 13.3. The molecule has 1 atom stereocenters. The molecule has 15 heteroatoms. The van der Waals surface area contributed by atoms with Crippen LogP contribution in [0.15, 0.2) is 24.3 Å². The monoisotopic (exact) mass is 564 g/mol. The Labute approximate surface area is 213 Å². The largest absolute Gasteiger partial charge is 0.534 e. The second kappa shape index (κ2) is 8.78. The fourth-order valence-corrected chi connectivity index (χ4v) is 4.59. The number of nitrogens with one attached hydrogen (secondary N) is 1. The molecule has 38 heavy (non-hydrogen) atoms. The van der Waals surface area contributed by atoms with Crippen LogP contribution >= 0.6 is 0 Å². The Balaban J connectivity index is 1.87. The van der Waals surface area contributed by atoms with Gasteiger partial charge >= 0.3 is 21.8 Å². The number of nitrogen functional groups attached to an aromatic ring is 1. The standard InChI is InChI=1S/C23H22F6N4O4S/c1-10(12-5-13(22(24,25)26)7-14(30)6-12)31-20-15-8-17(37-38(34,35)23(27,28)29)19-16(9-21(3,4)36-19)18(15)32-11(2)33-20/h5-8,10H,9,30H2,1-4H3,(H,31,32,33)/t10-/m1/s1. The lowest BCUT2D eigenvalue weighted by atomic mass is 9.98. The minimum Gasteiger partial charge on any atom is -0.483 e. The lowest BCUT2D eigenvalue weighted by Crippen LogP contribution is -2.28. The molecule has 3 aromatic rings. The zero-order chi connectivity index (χ0) is 28.4. The van der Waals surface area contributed by atoms with E-state index in [0.29, 0.717) is 5.56 Å². The van der Waals surface area contributed by atoms with Gasteiger partial charge in [0.05, 0.1) is 17.1 Å². The Bertz CT molecular complexity index is 1540. The zero-order valence-electron chi connectivity index (χ0n) is 20.4. The summed E-state index contributed by atoms with van der Waals surface area (Å²) in [6, 6.07) is 3.20. The van der Waals surface area contributed by atoms with Gasteiger partial charge in [-0.15, -0.1) is 0 Å². The summed E-state index contributed by atoms with van der Waals surface area (Å²) in [6.07, 6.45) is -4.50. The summed E-state index contributed by atoms with van der Waals surface area (Å²) < 4.78 is 113. The van der Waals surface area contributed by atoms with Crippen molar-refractivity contribution in [3.05, 3.63) is 46.8 Å². The lowest BCUT2D eigenvalue weighted by molar-refractivity contribution is -0.137. The van der Waals surface area contributed by atoms with Crippen LogP contribution in [-0.2, 0) is 22.7 Å². The van der Waals surface area contributed by atoms with Crippen molar-refractivity contribution in [3.8, 4) is 11.5 Å². The fraction of sp³-hybridized carbons (Fsp3) is 0.391. The van der Waals surface area contributed by atoms with Crippen LogP contribution in [0.1, 0.15) is 49.3 Å². The predicted octanol–water partition coefficient (Wildman–Crippen LogP) is 5.65. The van der Waals surface area contributed by atoms with Crippen LogP contribution in [0, 0.1) is 6.92 Å². The van der Waals surface area contributed by atoms with E-state index in [1.54, 1.807) is 20.8 Å². The topological polar surface area (TPSA) is 116 Å². The van der Waals surface area contributed by atoms with Gasteiger partial charge in [0.15, 0.2) is 11.5 Å². The van der Waals surface area contributed by atoms with E-state index in [1.165, 1.54) is 13.0 Å². The summed E-state index contributed by atoms with van der Waals surface area (Å²) in [5.74, 6) is -0.670. The predicted molar refractivity (Wildman–Crippen MR) is 126 cm³/mol. The molecule has 0 fully saturated rings. The summed E-state index contributed by atoms with van der Waals surface area (Å²) in [5.41, 5.74) is -1.34. The van der Waals surface area contributed by atoms with Gasteiger partial charge in [-0.25, -0.2) is 9.97 Å². The van der Waals surface area contributed by atoms with E-state index in [9.17, 15) is 34.8 Å². The first-order valence-corrected chi connectivity index (χ1v) is 12.5. The summed E-state index contributed by atoms with van der Waals surface area (Å²) in [4.78, 5) is 8.64. The first-order valence-electron chi connectivity index (χ1n) is 11.1. The molecule has 0 unspecified atom stereocenters. The van der Waals surface area contributed by atoms with Gasteiger partial charge < -0.3 is 20.0 Å². The number of fused-ring (bicyclic) bond motifs is 3. The third-order valence-electron chi connectivity index (χ3n) is 5.74. The van der Waals surface area contributed by atoms with E-state index in [-0.39, 0.29) is 46.0 Å². The van der Waals surface area contributed by atoms with E-state index < -0.39 is 44.8 Å². The molecule has 206 valence electrons. The van der Waals surface area contributed by atoms with Crippen molar-refractivity contribution >= 4 is 32.5 Å². The van der Waals surface area contributed by atoms with Gasteiger partial charge in [0.2, 0.25) is 0 Å². The van der Waals surface area contributed by atoms with Gasteiger partial charge in [-0.05, 0) is 57.5 Å². The number of aryl methyl sites for hydroxylation is 1. The highest BCUT2D eigenvalue weighted by molar-refractivity contribution is 7.88. The number of aromatic nitrogens is 2. The van der Waals surface area contributed by atoms with Crippen molar-refractivity contribution in [1.29, 1.82) is 0 Å². The molecule has 4 rings (SSSR count). The minimum atomic E-state index is -6.05. The van der Waals surface area contributed by atoms with Crippen LogP contribution in [0.25, 0.3) is 10.9 Å². The third-order valence-corrected chi connectivity index (χ3v) is 6.70. The molecule has 1 aliphatic heterocycles. The maximum Gasteiger partial charge on any atom is 0.534 e. The number of ether oxygens (including phenoxy) is 1. The maximum absolute atomic E-state index is 13.3. The molecule has 0 saturated carbocycles. The highest BCUT2D eigenvalue weighted by atomic mass is 32.2. The van der Waals surface area contributed by atoms with Crippen molar-refractivity contribution in [2.45, 2.75) is 57.4 Å². The number of halogens is 6. The van der Waals surface area contributed by atoms with Crippen LogP contribution in [0.3, 0.4) is 0 Å². The van der Waals surface area contributed by atoms with Gasteiger partial charge in [-0.3, -0.25) is 0 Å². The van der Waals surface area contributed by atoms with Crippen molar-refractivity contribution in [2.75, 3.05) is 11.1 Å². The Hall–Kier alpha value is -3.49. The van der Waals surface area contributed by atoms with Gasteiger partial charge in [0, 0.05) is 23.1 Å². The average Bonchev–Trinajstić information content (AvgIpc) is 3.08. The molecule has 1 aromatic heterocycles. The molecule has 2 aromatic carbocycles. The van der Waals surface area contributed by atoms with Crippen LogP contribution in [0.5, 0.6) is 11.5 Å². The second-order valence-electron chi connectivity index (χ2n) is 9.47. The summed E-state index contributed by atoms with van der Waals surface area (Å²) >= 11 is 0. The summed E-state index contributed by atoms with van der Waals surface area (Å²) in [6.45, 7) is 6.37. The number of anilines is 2. The average molecular weight is 565 g/mol. The summed E-state index contributed by atoms with van der Waals surface area (Å²) in [7, 11) is -6.05. The highest BCUT2D eigenvalue weighted by Crippen LogP contribution is 2.48. The van der Waals surface area contributed by atoms with Gasteiger partial charge in [-0.1, -0.05) is 0 Å². The molecule has 1 aliphatic rings. The quantitative estimate of drug-likeness (QED) is 0.177. The number of hydrogen-bond donors (Lipinski definition) is 2. The number of hydrogen-bond acceptors (Lipinski definition) is 8. The molecule has 0 amide bonds. The molecule has 3 N–H and O–H groups in total. The molecule has 0 aliphatic carbocycles. The van der Waals surface area contributed by atoms with Crippen LogP contribution < -0.4 is 20.0 Å². The van der Waals surface area contributed by atoms with Gasteiger partial charge in [0.1, 0.15) is 17.2 Å². The molecule has 8 nitrogen and oxygen atoms in total.